The van der Waals surface area contributed by atoms with Crippen LogP contribution < -0.4 is 5.32 Å². The third kappa shape index (κ3) is 4.86. The Morgan fingerprint density at radius 3 is 2.64 bits per heavy atom. The van der Waals surface area contributed by atoms with E-state index in [0.29, 0.717) is 0 Å². The van der Waals surface area contributed by atoms with E-state index < -0.39 is 0 Å². The molecule has 2 heterocycles. The summed E-state index contributed by atoms with van der Waals surface area (Å²) in [4.78, 5) is 17.3. The molecule has 2 amide bonds. The SMILES string of the molecule is CCOC1CCCN(C(=O)NCC2(N3CCOCC3)CCCCC2)C1. The van der Waals surface area contributed by atoms with Crippen LogP contribution in [0.15, 0.2) is 0 Å². The largest absolute Gasteiger partial charge is 0.379 e. The Hall–Kier alpha value is -0.850. The van der Waals surface area contributed by atoms with Gasteiger partial charge in [0.1, 0.15) is 0 Å². The van der Waals surface area contributed by atoms with Gasteiger partial charge in [-0.25, -0.2) is 4.79 Å². The van der Waals surface area contributed by atoms with Gasteiger partial charge in [-0.1, -0.05) is 19.3 Å². The third-order valence-electron chi connectivity index (χ3n) is 6.10. The predicted molar refractivity (Wildman–Crippen MR) is 97.8 cm³/mol. The molecule has 1 aliphatic carbocycles. The van der Waals surface area contributed by atoms with Crippen LogP contribution in [0.25, 0.3) is 0 Å². The van der Waals surface area contributed by atoms with Gasteiger partial charge in [-0.05, 0) is 32.6 Å². The molecule has 0 spiro atoms. The van der Waals surface area contributed by atoms with Crippen molar-refractivity contribution in [3.63, 3.8) is 0 Å². The molecule has 3 fully saturated rings. The maximum atomic E-state index is 12.7. The average Bonchev–Trinajstić information content (AvgIpc) is 2.68. The quantitative estimate of drug-likeness (QED) is 0.823. The summed E-state index contributed by atoms with van der Waals surface area (Å²) in [7, 11) is 0. The van der Waals surface area contributed by atoms with Crippen LogP contribution in [0, 0.1) is 0 Å². The number of hydrogen-bond acceptors (Lipinski definition) is 4. The number of hydrogen-bond donors (Lipinski definition) is 1. The summed E-state index contributed by atoms with van der Waals surface area (Å²) >= 11 is 0. The van der Waals surface area contributed by atoms with Crippen molar-refractivity contribution in [2.45, 2.75) is 63.5 Å². The van der Waals surface area contributed by atoms with Gasteiger partial charge in [0.05, 0.1) is 19.3 Å². The maximum absolute atomic E-state index is 12.7. The van der Waals surface area contributed by atoms with Crippen LogP contribution in [0.2, 0.25) is 0 Å². The van der Waals surface area contributed by atoms with E-state index in [1.807, 2.05) is 11.8 Å². The summed E-state index contributed by atoms with van der Waals surface area (Å²) in [6, 6.07) is 0.0858. The number of nitrogens with zero attached hydrogens (tertiary/aromatic N) is 2. The molecule has 1 N–H and O–H groups in total. The Morgan fingerprint density at radius 2 is 1.92 bits per heavy atom. The lowest BCUT2D eigenvalue weighted by Crippen LogP contribution is -2.61. The zero-order chi connectivity index (χ0) is 17.5. The van der Waals surface area contributed by atoms with Crippen LogP contribution in [0.5, 0.6) is 0 Å². The summed E-state index contributed by atoms with van der Waals surface area (Å²) in [5, 5.41) is 3.27. The minimum atomic E-state index is 0.0858. The number of amides is 2. The van der Waals surface area contributed by atoms with E-state index in [2.05, 4.69) is 10.2 Å². The zero-order valence-electron chi connectivity index (χ0n) is 15.8. The topological polar surface area (TPSA) is 54.0 Å². The highest BCUT2D eigenvalue weighted by atomic mass is 16.5. The molecular weight excluding hydrogens is 318 g/mol. The highest BCUT2D eigenvalue weighted by molar-refractivity contribution is 5.74. The van der Waals surface area contributed by atoms with Crippen molar-refractivity contribution in [2.24, 2.45) is 0 Å². The first-order valence-corrected chi connectivity index (χ1v) is 10.2. The van der Waals surface area contributed by atoms with Crippen molar-refractivity contribution in [3.05, 3.63) is 0 Å². The number of carbonyl (C=O) groups is 1. The van der Waals surface area contributed by atoms with Crippen LogP contribution in [0.3, 0.4) is 0 Å². The van der Waals surface area contributed by atoms with E-state index in [4.69, 9.17) is 9.47 Å². The van der Waals surface area contributed by atoms with Crippen molar-refractivity contribution >= 4 is 6.03 Å². The lowest BCUT2D eigenvalue weighted by molar-refractivity contribution is -0.0365. The highest BCUT2D eigenvalue weighted by Gasteiger charge is 2.39. The molecule has 25 heavy (non-hydrogen) atoms. The molecule has 2 aliphatic heterocycles. The average molecular weight is 354 g/mol. The molecule has 6 nitrogen and oxygen atoms in total. The van der Waals surface area contributed by atoms with Gasteiger partial charge in [-0.2, -0.15) is 0 Å². The van der Waals surface area contributed by atoms with Gasteiger partial charge in [0, 0.05) is 44.9 Å². The van der Waals surface area contributed by atoms with Crippen molar-refractivity contribution in [2.75, 3.05) is 52.5 Å². The molecule has 3 aliphatic rings. The lowest BCUT2D eigenvalue weighted by Gasteiger charge is -2.48. The number of ether oxygens (including phenoxy) is 2. The summed E-state index contributed by atoms with van der Waals surface area (Å²) < 4.78 is 11.3. The van der Waals surface area contributed by atoms with E-state index >= 15 is 0 Å². The molecule has 0 aromatic carbocycles. The Labute approximate surface area is 152 Å². The minimum absolute atomic E-state index is 0.0858. The molecule has 1 atom stereocenters. The van der Waals surface area contributed by atoms with Crippen LogP contribution >= 0.6 is 0 Å². The van der Waals surface area contributed by atoms with Crippen molar-refractivity contribution in [1.29, 1.82) is 0 Å². The maximum Gasteiger partial charge on any atom is 0.317 e. The van der Waals surface area contributed by atoms with Crippen molar-refractivity contribution in [1.82, 2.24) is 15.1 Å². The molecule has 2 saturated heterocycles. The second kappa shape index (κ2) is 9.19. The van der Waals surface area contributed by atoms with Gasteiger partial charge in [0.25, 0.3) is 0 Å². The van der Waals surface area contributed by atoms with Crippen LogP contribution in [-0.4, -0.2) is 80.0 Å². The number of nitrogens with one attached hydrogen (secondary N) is 1. The second-order valence-electron chi connectivity index (χ2n) is 7.71. The number of morpholine rings is 1. The molecule has 0 aromatic rings. The number of piperidine rings is 1. The van der Waals surface area contributed by atoms with E-state index in [-0.39, 0.29) is 17.7 Å². The van der Waals surface area contributed by atoms with E-state index in [1.165, 1.54) is 32.1 Å². The first-order chi connectivity index (χ1) is 12.2. The molecule has 1 saturated carbocycles. The van der Waals surface area contributed by atoms with Gasteiger partial charge in [-0.15, -0.1) is 0 Å². The van der Waals surface area contributed by atoms with E-state index in [1.54, 1.807) is 0 Å². The first kappa shape index (κ1) is 18.9. The molecule has 144 valence electrons. The zero-order valence-corrected chi connectivity index (χ0v) is 15.8. The van der Waals surface area contributed by atoms with Gasteiger partial charge >= 0.3 is 6.03 Å². The van der Waals surface area contributed by atoms with Crippen LogP contribution in [0.4, 0.5) is 4.79 Å². The number of carbonyl (C=O) groups excluding carboxylic acids is 1. The van der Waals surface area contributed by atoms with Crippen molar-refractivity contribution in [3.8, 4) is 0 Å². The smallest absolute Gasteiger partial charge is 0.317 e. The highest BCUT2D eigenvalue weighted by Crippen LogP contribution is 2.34. The van der Waals surface area contributed by atoms with Gasteiger partial charge in [0.15, 0.2) is 0 Å². The first-order valence-electron chi connectivity index (χ1n) is 10.2. The summed E-state index contributed by atoms with van der Waals surface area (Å²) in [6.07, 6.45) is 8.54. The van der Waals surface area contributed by atoms with E-state index in [0.717, 1.165) is 65.4 Å². The molecule has 3 rings (SSSR count). The van der Waals surface area contributed by atoms with Crippen LogP contribution in [-0.2, 0) is 9.47 Å². The standard InChI is InChI=1S/C19H35N3O3/c1-2-25-17-7-6-10-21(15-17)18(23)20-16-19(8-4-3-5-9-19)22-11-13-24-14-12-22/h17H,2-16H2,1H3,(H,20,23). The second-order valence-corrected chi connectivity index (χ2v) is 7.71. The molecule has 6 heteroatoms. The van der Waals surface area contributed by atoms with Crippen LogP contribution in [0.1, 0.15) is 51.9 Å². The van der Waals surface area contributed by atoms with Gasteiger partial charge in [-0.3, -0.25) is 4.90 Å². The fourth-order valence-electron chi connectivity index (χ4n) is 4.70. The summed E-state index contributed by atoms with van der Waals surface area (Å²) in [5.74, 6) is 0. The Morgan fingerprint density at radius 1 is 1.16 bits per heavy atom. The predicted octanol–water partition coefficient (Wildman–Crippen LogP) is 2.23. The third-order valence-corrected chi connectivity index (χ3v) is 6.10. The molecule has 0 bridgehead atoms. The number of rotatable bonds is 5. The number of urea groups is 1. The molecule has 0 aromatic heterocycles. The monoisotopic (exact) mass is 353 g/mol. The van der Waals surface area contributed by atoms with Gasteiger partial charge in [0.2, 0.25) is 0 Å². The Balaban J connectivity index is 1.55. The normalized spacial score (nSPS) is 27.9. The van der Waals surface area contributed by atoms with Gasteiger partial charge < -0.3 is 19.7 Å². The number of likely N-dealkylation sites (tertiary alicyclic amines) is 1. The minimum Gasteiger partial charge on any atom is -0.379 e. The molecular formula is C19H35N3O3. The van der Waals surface area contributed by atoms with E-state index in [9.17, 15) is 4.79 Å². The summed E-state index contributed by atoms with van der Waals surface area (Å²) in [5.41, 5.74) is 0.132. The fraction of sp³-hybridized carbons (Fsp3) is 0.947. The fourth-order valence-corrected chi connectivity index (χ4v) is 4.70. The van der Waals surface area contributed by atoms with Crippen molar-refractivity contribution < 1.29 is 14.3 Å². The summed E-state index contributed by atoms with van der Waals surface area (Å²) in [6.45, 7) is 8.70. The Bertz CT molecular complexity index is 418. The lowest BCUT2D eigenvalue weighted by atomic mass is 9.80. The molecule has 1 unspecified atom stereocenters. The molecule has 0 radical (unpaired) electrons. The Kier molecular flexibility index (Phi) is 6.96.